The molecule has 2 atom stereocenters. The fourth-order valence-electron chi connectivity index (χ4n) is 7.06. The molecule has 6 aromatic rings. The highest BCUT2D eigenvalue weighted by Crippen LogP contribution is 2.56. The van der Waals surface area contributed by atoms with Gasteiger partial charge in [-0.15, -0.1) is 0 Å². The van der Waals surface area contributed by atoms with Crippen molar-refractivity contribution < 1.29 is 14.3 Å². The number of halogens is 1. The maximum atomic E-state index is 15.6. The lowest BCUT2D eigenvalue weighted by Crippen LogP contribution is -2.55. The van der Waals surface area contributed by atoms with Crippen molar-refractivity contribution >= 4 is 50.5 Å². The Bertz CT molecular complexity index is 2190. The van der Waals surface area contributed by atoms with Crippen LogP contribution in [0.3, 0.4) is 0 Å². The van der Waals surface area contributed by atoms with Crippen LogP contribution in [0.1, 0.15) is 45.1 Å². The molecule has 8 rings (SSSR count). The zero-order chi connectivity index (χ0) is 33.4. The summed E-state index contributed by atoms with van der Waals surface area (Å²) >= 11 is 3.69. The average molecular weight is 704 g/mol. The van der Waals surface area contributed by atoms with Gasteiger partial charge in [0, 0.05) is 27.6 Å². The molecule has 0 fully saturated rings. The van der Waals surface area contributed by atoms with E-state index in [0.29, 0.717) is 28.3 Å². The lowest BCUT2D eigenvalue weighted by molar-refractivity contribution is -0.120. The molecule has 0 saturated carbocycles. The number of amides is 2. The first-order valence-electron chi connectivity index (χ1n) is 16.2. The van der Waals surface area contributed by atoms with E-state index in [0.717, 1.165) is 26.7 Å². The predicted octanol–water partition coefficient (Wildman–Crippen LogP) is 10.0. The smallest absolute Gasteiger partial charge is 0.266 e. The first-order valence-corrected chi connectivity index (χ1v) is 17.0. The summed E-state index contributed by atoms with van der Waals surface area (Å²) in [7, 11) is 0. The summed E-state index contributed by atoms with van der Waals surface area (Å²) in [4.78, 5) is 34.0. The van der Waals surface area contributed by atoms with Gasteiger partial charge in [-0.1, -0.05) is 149 Å². The van der Waals surface area contributed by atoms with Gasteiger partial charge in [0.05, 0.1) is 23.0 Å². The maximum Gasteiger partial charge on any atom is 0.266 e. The van der Waals surface area contributed by atoms with Gasteiger partial charge >= 0.3 is 0 Å². The Morgan fingerprint density at radius 2 is 1.22 bits per heavy atom. The van der Waals surface area contributed by atoms with E-state index in [2.05, 4.69) is 15.9 Å². The van der Waals surface area contributed by atoms with Crippen LogP contribution in [-0.2, 0) is 15.3 Å². The number of rotatable bonds is 5. The second-order valence-electron chi connectivity index (χ2n) is 12.1. The van der Waals surface area contributed by atoms with Crippen molar-refractivity contribution in [2.75, 3.05) is 9.80 Å². The van der Waals surface area contributed by atoms with Gasteiger partial charge in [0.2, 0.25) is 5.72 Å². The van der Waals surface area contributed by atoms with Crippen molar-refractivity contribution in [3.8, 4) is 0 Å². The average Bonchev–Trinajstić information content (AvgIpc) is 3.29. The molecule has 6 heteroatoms. The lowest BCUT2D eigenvalue weighted by Gasteiger charge is -2.48. The first kappa shape index (κ1) is 30.6. The minimum atomic E-state index is -1.35. The Labute approximate surface area is 293 Å². The summed E-state index contributed by atoms with van der Waals surface area (Å²) < 4.78 is 8.36. The molecule has 2 aliphatic heterocycles. The normalized spacial score (nSPS) is 18.6. The zero-order valence-corrected chi connectivity index (χ0v) is 28.0. The van der Waals surface area contributed by atoms with Gasteiger partial charge in [0.1, 0.15) is 5.76 Å². The summed E-state index contributed by atoms with van der Waals surface area (Å²) in [6.45, 7) is 0. The number of para-hydroxylation sites is 2. The van der Waals surface area contributed by atoms with Crippen molar-refractivity contribution in [2.45, 2.75) is 18.2 Å². The second-order valence-corrected chi connectivity index (χ2v) is 13.0. The van der Waals surface area contributed by atoms with Crippen molar-refractivity contribution in [1.82, 2.24) is 0 Å². The third-order valence-corrected chi connectivity index (χ3v) is 9.73. The molecular weight excluding hydrogens is 672 g/mol. The highest BCUT2D eigenvalue weighted by molar-refractivity contribution is 9.10. The number of fused-ring (bicyclic) bond motifs is 3. The number of benzene rings is 6. The summed E-state index contributed by atoms with van der Waals surface area (Å²) in [5, 5.41) is 0. The SMILES string of the molecule is O=C(c1ccccc1)N1c2ccccc2N2C(=O)C(c3ccccc3)=C(c3ccccc3)O[C@]2(c2ccccc2)C[C@H]1c1cccc(Br)c1. The third-order valence-electron chi connectivity index (χ3n) is 9.24. The zero-order valence-electron chi connectivity index (χ0n) is 26.4. The molecule has 0 saturated heterocycles. The van der Waals surface area contributed by atoms with Gasteiger partial charge in [0.15, 0.2) is 0 Å². The number of nitrogens with zero attached hydrogens (tertiary/aromatic N) is 2. The molecule has 2 amide bonds. The van der Waals surface area contributed by atoms with Crippen LogP contribution in [0.5, 0.6) is 0 Å². The second kappa shape index (κ2) is 12.7. The Kier molecular flexibility index (Phi) is 7.94. The monoisotopic (exact) mass is 702 g/mol. The van der Waals surface area contributed by atoms with Gasteiger partial charge in [0.25, 0.3) is 11.8 Å². The Hall–Kier alpha value is -5.72. The molecule has 5 nitrogen and oxygen atoms in total. The summed E-state index contributed by atoms with van der Waals surface area (Å²) in [6.07, 6.45) is 0.241. The molecule has 2 heterocycles. The van der Waals surface area contributed by atoms with Crippen LogP contribution >= 0.6 is 15.9 Å². The fraction of sp³-hybridized carbons (Fsp3) is 0.0698. The minimum Gasteiger partial charge on any atom is -0.462 e. The summed E-state index contributed by atoms with van der Waals surface area (Å²) in [5.74, 6) is 0.105. The maximum absolute atomic E-state index is 15.6. The highest BCUT2D eigenvalue weighted by atomic mass is 79.9. The van der Waals surface area contributed by atoms with Crippen LogP contribution in [-0.4, -0.2) is 11.8 Å². The van der Waals surface area contributed by atoms with Gasteiger partial charge in [-0.05, 0) is 47.5 Å². The molecule has 0 spiro atoms. The van der Waals surface area contributed by atoms with Crippen molar-refractivity contribution in [1.29, 1.82) is 0 Å². The number of carbonyl (C=O) groups is 2. The van der Waals surface area contributed by atoms with E-state index >= 15 is 4.79 Å². The van der Waals surface area contributed by atoms with E-state index in [1.807, 2.05) is 175 Å². The molecule has 0 radical (unpaired) electrons. The molecule has 238 valence electrons. The number of anilines is 2. The number of carbonyl (C=O) groups excluding carboxylic acids is 2. The molecule has 2 aliphatic rings. The molecule has 0 N–H and O–H groups in total. The standard InChI is InChI=1S/C43H31BrN2O3/c44-35-25-15-22-33(28-35)38-29-43(34-23-11-4-12-24-34)46(37-27-14-13-26-36(37)45(38)41(47)32-20-9-3-10-21-32)42(48)39(30-16-5-1-6-17-30)40(49-43)31-18-7-2-8-19-31/h1-28,38H,29H2/t38-,43-/m0/s1. The van der Waals surface area contributed by atoms with Crippen LogP contribution in [0, 0.1) is 0 Å². The van der Waals surface area contributed by atoms with E-state index in [9.17, 15) is 4.79 Å². The van der Waals surface area contributed by atoms with Crippen molar-refractivity contribution in [2.24, 2.45) is 0 Å². The molecule has 0 aliphatic carbocycles. The summed E-state index contributed by atoms with van der Waals surface area (Å²) in [5.41, 5.74) is 4.09. The Morgan fingerprint density at radius 3 is 1.88 bits per heavy atom. The fourth-order valence-corrected chi connectivity index (χ4v) is 7.48. The van der Waals surface area contributed by atoms with Gasteiger partial charge in [-0.2, -0.15) is 0 Å². The molecule has 49 heavy (non-hydrogen) atoms. The number of hydrogen-bond donors (Lipinski definition) is 0. The third kappa shape index (κ3) is 5.35. The van der Waals surface area contributed by atoms with Crippen LogP contribution in [0.4, 0.5) is 11.4 Å². The summed E-state index contributed by atoms with van der Waals surface area (Å²) in [6, 6.07) is 53.8. The number of ether oxygens (including phenoxy) is 1. The first-order chi connectivity index (χ1) is 24.0. The lowest BCUT2D eigenvalue weighted by atomic mass is 9.86. The molecule has 0 unspecified atom stereocenters. The largest absolute Gasteiger partial charge is 0.462 e. The van der Waals surface area contributed by atoms with Crippen LogP contribution in [0.15, 0.2) is 174 Å². The van der Waals surface area contributed by atoms with Crippen LogP contribution < -0.4 is 9.80 Å². The van der Waals surface area contributed by atoms with Crippen molar-refractivity contribution in [3.05, 3.63) is 202 Å². The van der Waals surface area contributed by atoms with Gasteiger partial charge < -0.3 is 4.74 Å². The van der Waals surface area contributed by atoms with E-state index < -0.39 is 11.8 Å². The molecule has 0 bridgehead atoms. The van der Waals surface area contributed by atoms with E-state index in [-0.39, 0.29) is 18.2 Å². The van der Waals surface area contributed by atoms with Gasteiger partial charge in [-0.25, -0.2) is 0 Å². The van der Waals surface area contributed by atoms with E-state index in [1.165, 1.54) is 0 Å². The van der Waals surface area contributed by atoms with Crippen molar-refractivity contribution in [3.63, 3.8) is 0 Å². The predicted molar refractivity (Wildman–Crippen MR) is 198 cm³/mol. The van der Waals surface area contributed by atoms with E-state index in [4.69, 9.17) is 4.74 Å². The van der Waals surface area contributed by atoms with E-state index in [1.54, 1.807) is 4.90 Å². The minimum absolute atomic E-state index is 0.173. The Balaban J connectivity index is 1.47. The highest BCUT2D eigenvalue weighted by Gasteiger charge is 2.56. The van der Waals surface area contributed by atoms with Crippen LogP contribution in [0.25, 0.3) is 11.3 Å². The van der Waals surface area contributed by atoms with Crippen LogP contribution in [0.2, 0.25) is 0 Å². The Morgan fingerprint density at radius 1 is 0.653 bits per heavy atom. The van der Waals surface area contributed by atoms with Gasteiger partial charge in [-0.3, -0.25) is 19.4 Å². The topological polar surface area (TPSA) is 49.9 Å². The molecule has 6 aromatic carbocycles. The molecule has 0 aromatic heterocycles. The quantitative estimate of drug-likeness (QED) is 0.180. The number of hydrogen-bond acceptors (Lipinski definition) is 3. The molecular formula is C43H31BrN2O3.